The Morgan fingerprint density at radius 1 is 1.25 bits per heavy atom. The summed E-state index contributed by atoms with van der Waals surface area (Å²) >= 11 is 6.07. The van der Waals surface area contributed by atoms with Crippen molar-refractivity contribution in [2.75, 3.05) is 31.2 Å². The van der Waals surface area contributed by atoms with Gasteiger partial charge >= 0.3 is 0 Å². The zero-order valence-corrected chi connectivity index (χ0v) is 12.9. The van der Waals surface area contributed by atoms with Crippen LogP contribution in [0.2, 0.25) is 5.15 Å². The van der Waals surface area contributed by atoms with Crippen LogP contribution in [-0.4, -0.2) is 42.4 Å². The normalized spacial score (nSPS) is 16.6. The molecule has 5 nitrogen and oxygen atoms in total. The van der Waals surface area contributed by atoms with E-state index in [4.69, 9.17) is 21.1 Å². The predicted octanol–water partition coefficient (Wildman–Crippen LogP) is 2.67. The van der Waals surface area contributed by atoms with Gasteiger partial charge in [0.2, 0.25) is 0 Å². The van der Waals surface area contributed by atoms with E-state index in [2.05, 4.69) is 14.9 Å². The molecule has 2 heterocycles. The number of halogens is 1. The van der Waals surface area contributed by atoms with Crippen LogP contribution in [0.25, 0.3) is 0 Å². The fraction of sp³-hybridized carbons (Fsp3) is 0.714. The van der Waals surface area contributed by atoms with E-state index in [9.17, 15) is 0 Å². The molecule has 0 saturated carbocycles. The molecule has 0 aliphatic carbocycles. The van der Waals surface area contributed by atoms with Gasteiger partial charge in [-0.15, -0.1) is 0 Å². The molecule has 1 aliphatic rings. The van der Waals surface area contributed by atoms with Crippen LogP contribution in [-0.2, 0) is 16.1 Å². The Kier molecular flexibility index (Phi) is 6.01. The molecular weight excluding hydrogens is 278 g/mol. The van der Waals surface area contributed by atoms with Crippen LogP contribution in [0.1, 0.15) is 32.5 Å². The van der Waals surface area contributed by atoms with Gasteiger partial charge in [-0.25, -0.2) is 9.97 Å². The predicted molar refractivity (Wildman–Crippen MR) is 79.2 cm³/mol. The van der Waals surface area contributed by atoms with Crippen molar-refractivity contribution in [3.63, 3.8) is 0 Å². The minimum atomic E-state index is 0.372. The van der Waals surface area contributed by atoms with Crippen molar-refractivity contribution >= 4 is 17.4 Å². The van der Waals surface area contributed by atoms with Crippen LogP contribution in [0, 0.1) is 0 Å². The third-order valence-electron chi connectivity index (χ3n) is 3.33. The van der Waals surface area contributed by atoms with E-state index in [1.165, 1.54) is 0 Å². The molecule has 0 N–H and O–H groups in total. The first-order valence-corrected chi connectivity index (χ1v) is 7.58. The van der Waals surface area contributed by atoms with Gasteiger partial charge in [0.1, 0.15) is 17.6 Å². The first kappa shape index (κ1) is 15.5. The van der Waals surface area contributed by atoms with Crippen LogP contribution in [0.3, 0.4) is 0 Å². The summed E-state index contributed by atoms with van der Waals surface area (Å²) < 4.78 is 11.0. The summed E-state index contributed by atoms with van der Waals surface area (Å²) in [4.78, 5) is 11.0. The summed E-state index contributed by atoms with van der Waals surface area (Å²) in [5, 5.41) is 0.469. The molecule has 0 amide bonds. The molecule has 0 spiro atoms. The maximum absolute atomic E-state index is 6.07. The van der Waals surface area contributed by atoms with Gasteiger partial charge in [-0.2, -0.15) is 0 Å². The highest BCUT2D eigenvalue weighted by Crippen LogP contribution is 2.22. The molecule has 1 aliphatic heterocycles. The Morgan fingerprint density at radius 3 is 2.65 bits per heavy atom. The Labute approximate surface area is 125 Å². The van der Waals surface area contributed by atoms with Gasteiger partial charge in [-0.05, 0) is 26.7 Å². The number of hydrogen-bond acceptors (Lipinski definition) is 5. The molecule has 0 unspecified atom stereocenters. The minimum Gasteiger partial charge on any atom is -0.378 e. The van der Waals surface area contributed by atoms with Crippen molar-refractivity contribution in [1.82, 2.24) is 9.97 Å². The van der Waals surface area contributed by atoms with E-state index in [1.807, 2.05) is 19.9 Å². The first-order valence-electron chi connectivity index (χ1n) is 7.20. The van der Waals surface area contributed by atoms with E-state index >= 15 is 0 Å². The molecule has 0 radical (unpaired) electrons. The third kappa shape index (κ3) is 4.30. The van der Waals surface area contributed by atoms with Gasteiger partial charge in [-0.1, -0.05) is 11.6 Å². The number of nitrogens with zero attached hydrogens (tertiary/aromatic N) is 3. The molecule has 1 aromatic heterocycles. The molecule has 112 valence electrons. The Balaban J connectivity index is 2.00. The Morgan fingerprint density at radius 2 is 2.00 bits per heavy atom. The lowest BCUT2D eigenvalue weighted by atomic mass is 10.1. The molecule has 0 atom stereocenters. The van der Waals surface area contributed by atoms with E-state index in [1.54, 1.807) is 0 Å². The van der Waals surface area contributed by atoms with Crippen LogP contribution in [0.5, 0.6) is 0 Å². The number of aromatic nitrogens is 2. The molecule has 20 heavy (non-hydrogen) atoms. The molecule has 1 saturated heterocycles. The topological polar surface area (TPSA) is 47.5 Å². The molecule has 0 bridgehead atoms. The summed E-state index contributed by atoms with van der Waals surface area (Å²) in [5.74, 6) is 1.52. The van der Waals surface area contributed by atoms with Crippen molar-refractivity contribution in [3.8, 4) is 0 Å². The van der Waals surface area contributed by atoms with Gasteiger partial charge < -0.3 is 14.4 Å². The zero-order chi connectivity index (χ0) is 14.4. The molecule has 2 rings (SSSR count). The monoisotopic (exact) mass is 299 g/mol. The SMILES string of the molecule is CCOCc1nc(Cl)cc(N2CCC(OCC)CC2)n1. The van der Waals surface area contributed by atoms with E-state index < -0.39 is 0 Å². The molecule has 6 heteroatoms. The minimum absolute atomic E-state index is 0.372. The molecular formula is C14H22ClN3O2. The average Bonchev–Trinajstić information content (AvgIpc) is 2.46. The van der Waals surface area contributed by atoms with E-state index in [0.29, 0.717) is 30.3 Å². The lowest BCUT2D eigenvalue weighted by Crippen LogP contribution is -2.37. The second-order valence-corrected chi connectivity index (χ2v) is 5.13. The van der Waals surface area contributed by atoms with Crippen molar-refractivity contribution in [2.45, 2.75) is 39.4 Å². The highest BCUT2D eigenvalue weighted by Gasteiger charge is 2.21. The summed E-state index contributed by atoms with van der Waals surface area (Å²) in [7, 11) is 0. The quantitative estimate of drug-likeness (QED) is 0.756. The molecule has 1 fully saturated rings. The Bertz CT molecular complexity index is 423. The standard InChI is InChI=1S/C14H22ClN3O2/c1-3-19-10-13-16-12(15)9-14(17-13)18-7-5-11(6-8-18)20-4-2/h9,11H,3-8,10H2,1-2H3. The van der Waals surface area contributed by atoms with Crippen molar-refractivity contribution < 1.29 is 9.47 Å². The van der Waals surface area contributed by atoms with Crippen LogP contribution >= 0.6 is 11.6 Å². The van der Waals surface area contributed by atoms with Crippen molar-refractivity contribution in [2.24, 2.45) is 0 Å². The highest BCUT2D eigenvalue weighted by molar-refractivity contribution is 6.29. The maximum Gasteiger partial charge on any atom is 0.158 e. The fourth-order valence-electron chi connectivity index (χ4n) is 2.36. The number of piperidine rings is 1. The van der Waals surface area contributed by atoms with Crippen LogP contribution < -0.4 is 4.90 Å². The summed E-state index contributed by atoms with van der Waals surface area (Å²) in [6, 6.07) is 1.82. The highest BCUT2D eigenvalue weighted by atomic mass is 35.5. The van der Waals surface area contributed by atoms with Gasteiger partial charge in [0.25, 0.3) is 0 Å². The third-order valence-corrected chi connectivity index (χ3v) is 3.52. The number of anilines is 1. The van der Waals surface area contributed by atoms with Crippen LogP contribution in [0.4, 0.5) is 5.82 Å². The fourth-order valence-corrected chi connectivity index (χ4v) is 2.55. The van der Waals surface area contributed by atoms with Crippen molar-refractivity contribution in [3.05, 3.63) is 17.0 Å². The molecule has 0 aromatic carbocycles. The second-order valence-electron chi connectivity index (χ2n) is 4.74. The molecule has 1 aromatic rings. The number of rotatable bonds is 6. The van der Waals surface area contributed by atoms with E-state index in [0.717, 1.165) is 38.4 Å². The lowest BCUT2D eigenvalue weighted by Gasteiger charge is -2.32. The van der Waals surface area contributed by atoms with Gasteiger partial charge in [0.15, 0.2) is 5.82 Å². The largest absolute Gasteiger partial charge is 0.378 e. The average molecular weight is 300 g/mol. The Hall–Kier alpha value is -0.910. The maximum atomic E-state index is 6.07. The lowest BCUT2D eigenvalue weighted by molar-refractivity contribution is 0.0458. The summed E-state index contributed by atoms with van der Waals surface area (Å²) in [6.45, 7) is 7.69. The second kappa shape index (κ2) is 7.76. The smallest absolute Gasteiger partial charge is 0.158 e. The summed E-state index contributed by atoms with van der Waals surface area (Å²) in [5.41, 5.74) is 0. The van der Waals surface area contributed by atoms with E-state index in [-0.39, 0.29) is 0 Å². The number of ether oxygens (including phenoxy) is 2. The first-order chi connectivity index (χ1) is 9.72. The van der Waals surface area contributed by atoms with Gasteiger partial charge in [0.05, 0.1) is 6.10 Å². The summed E-state index contributed by atoms with van der Waals surface area (Å²) in [6.07, 6.45) is 2.42. The van der Waals surface area contributed by atoms with Gasteiger partial charge in [0, 0.05) is 32.4 Å². The van der Waals surface area contributed by atoms with Crippen LogP contribution in [0.15, 0.2) is 6.07 Å². The van der Waals surface area contributed by atoms with Crippen molar-refractivity contribution in [1.29, 1.82) is 0 Å². The zero-order valence-electron chi connectivity index (χ0n) is 12.1. The van der Waals surface area contributed by atoms with Gasteiger partial charge in [-0.3, -0.25) is 0 Å². The number of hydrogen-bond donors (Lipinski definition) is 0.